The summed E-state index contributed by atoms with van der Waals surface area (Å²) in [6.45, 7) is 8.19. The van der Waals surface area contributed by atoms with Crippen molar-refractivity contribution in [2.45, 2.75) is 32.4 Å². The van der Waals surface area contributed by atoms with Crippen molar-refractivity contribution in [1.82, 2.24) is 5.32 Å². The van der Waals surface area contributed by atoms with Gasteiger partial charge in [-0.25, -0.2) is 0 Å². The van der Waals surface area contributed by atoms with Crippen molar-refractivity contribution in [2.75, 3.05) is 6.54 Å². The van der Waals surface area contributed by atoms with Crippen molar-refractivity contribution in [3.63, 3.8) is 0 Å². The van der Waals surface area contributed by atoms with Crippen LogP contribution in [0, 0.1) is 0 Å². The zero-order valence-electron chi connectivity index (χ0n) is 6.80. The third-order valence-electron chi connectivity index (χ3n) is 1.55. The highest BCUT2D eigenvalue weighted by atomic mass is 16.3. The monoisotopic (exact) mass is 143 g/mol. The highest BCUT2D eigenvalue weighted by molar-refractivity contribution is 4.77. The number of rotatable bonds is 5. The highest BCUT2D eigenvalue weighted by Gasteiger charge is 2.09. The number of nitrogens with one attached hydrogen (secondary N) is 1. The standard InChI is InChI=1S/C8H17NO/c1-4-6-9-8(5-2)7(3)10/h4,7-10H,1,5-6H2,2-3H3. The molecule has 0 aromatic rings. The van der Waals surface area contributed by atoms with E-state index in [0.29, 0.717) is 0 Å². The van der Waals surface area contributed by atoms with Crippen LogP contribution < -0.4 is 5.32 Å². The molecule has 60 valence electrons. The molecule has 2 heteroatoms. The van der Waals surface area contributed by atoms with Crippen molar-refractivity contribution >= 4 is 0 Å². The Labute approximate surface area is 62.9 Å². The van der Waals surface area contributed by atoms with Gasteiger partial charge in [-0.15, -0.1) is 6.58 Å². The molecule has 10 heavy (non-hydrogen) atoms. The minimum Gasteiger partial charge on any atom is -0.392 e. The van der Waals surface area contributed by atoms with Gasteiger partial charge in [-0.3, -0.25) is 0 Å². The SMILES string of the molecule is C=CCNC(CC)C(C)O. The van der Waals surface area contributed by atoms with Gasteiger partial charge in [-0.05, 0) is 13.3 Å². The molecule has 0 aliphatic carbocycles. The van der Waals surface area contributed by atoms with Crippen LogP contribution >= 0.6 is 0 Å². The molecular formula is C8H17NO. The minimum absolute atomic E-state index is 0.206. The Morgan fingerprint density at radius 1 is 1.70 bits per heavy atom. The molecule has 0 bridgehead atoms. The second kappa shape index (κ2) is 5.45. The summed E-state index contributed by atoms with van der Waals surface area (Å²) in [5.74, 6) is 0. The Hall–Kier alpha value is -0.340. The summed E-state index contributed by atoms with van der Waals surface area (Å²) in [6, 6.07) is 0.206. The minimum atomic E-state index is -0.273. The molecule has 0 aliphatic rings. The van der Waals surface area contributed by atoms with Crippen molar-refractivity contribution in [3.8, 4) is 0 Å². The molecule has 0 saturated carbocycles. The van der Waals surface area contributed by atoms with E-state index in [1.807, 2.05) is 6.92 Å². The second-order valence-corrected chi connectivity index (χ2v) is 2.45. The first-order chi connectivity index (χ1) is 4.72. The van der Waals surface area contributed by atoms with Gasteiger partial charge in [0, 0.05) is 12.6 Å². The molecule has 0 heterocycles. The molecule has 2 nitrogen and oxygen atoms in total. The van der Waals surface area contributed by atoms with E-state index >= 15 is 0 Å². The maximum absolute atomic E-state index is 9.14. The predicted octanol–water partition coefficient (Wildman–Crippen LogP) is 0.921. The van der Waals surface area contributed by atoms with E-state index in [4.69, 9.17) is 5.11 Å². The van der Waals surface area contributed by atoms with E-state index in [1.165, 1.54) is 0 Å². The van der Waals surface area contributed by atoms with Gasteiger partial charge in [-0.1, -0.05) is 13.0 Å². The van der Waals surface area contributed by atoms with Crippen LogP contribution in [0.15, 0.2) is 12.7 Å². The first-order valence-corrected chi connectivity index (χ1v) is 3.74. The van der Waals surface area contributed by atoms with Gasteiger partial charge in [0.25, 0.3) is 0 Å². The smallest absolute Gasteiger partial charge is 0.0665 e. The number of hydrogen-bond acceptors (Lipinski definition) is 2. The van der Waals surface area contributed by atoms with Crippen molar-refractivity contribution in [1.29, 1.82) is 0 Å². The van der Waals surface area contributed by atoms with E-state index < -0.39 is 0 Å². The third kappa shape index (κ3) is 3.64. The lowest BCUT2D eigenvalue weighted by atomic mass is 10.1. The fraction of sp³-hybridized carbons (Fsp3) is 0.750. The lowest BCUT2D eigenvalue weighted by Gasteiger charge is -2.18. The Balaban J connectivity index is 3.49. The van der Waals surface area contributed by atoms with Gasteiger partial charge in [0.2, 0.25) is 0 Å². The zero-order chi connectivity index (χ0) is 7.98. The summed E-state index contributed by atoms with van der Waals surface area (Å²) in [7, 11) is 0. The average molecular weight is 143 g/mol. The normalized spacial score (nSPS) is 16.3. The quantitative estimate of drug-likeness (QED) is 0.561. The lowest BCUT2D eigenvalue weighted by molar-refractivity contribution is 0.145. The molecule has 2 atom stereocenters. The van der Waals surface area contributed by atoms with Crippen LogP contribution in [0.25, 0.3) is 0 Å². The van der Waals surface area contributed by atoms with E-state index in [0.717, 1.165) is 13.0 Å². The van der Waals surface area contributed by atoms with Gasteiger partial charge in [0.1, 0.15) is 0 Å². The summed E-state index contributed by atoms with van der Waals surface area (Å²) in [5, 5.41) is 12.3. The molecule has 2 unspecified atom stereocenters. The van der Waals surface area contributed by atoms with Gasteiger partial charge in [0.05, 0.1) is 6.10 Å². The summed E-state index contributed by atoms with van der Waals surface area (Å²) < 4.78 is 0. The maximum Gasteiger partial charge on any atom is 0.0665 e. The topological polar surface area (TPSA) is 32.3 Å². The van der Waals surface area contributed by atoms with Crippen molar-refractivity contribution < 1.29 is 5.11 Å². The Kier molecular flexibility index (Phi) is 5.26. The van der Waals surface area contributed by atoms with Crippen molar-refractivity contribution in [3.05, 3.63) is 12.7 Å². The van der Waals surface area contributed by atoms with Crippen LogP contribution in [-0.2, 0) is 0 Å². The largest absolute Gasteiger partial charge is 0.392 e. The summed E-state index contributed by atoms with van der Waals surface area (Å²) in [5.41, 5.74) is 0. The van der Waals surface area contributed by atoms with Gasteiger partial charge >= 0.3 is 0 Å². The Morgan fingerprint density at radius 2 is 2.30 bits per heavy atom. The molecule has 0 saturated heterocycles. The zero-order valence-corrected chi connectivity index (χ0v) is 6.80. The van der Waals surface area contributed by atoms with Gasteiger partial charge in [0.15, 0.2) is 0 Å². The molecule has 0 aromatic carbocycles. The van der Waals surface area contributed by atoms with Gasteiger partial charge in [-0.2, -0.15) is 0 Å². The molecule has 0 rings (SSSR count). The molecule has 2 N–H and O–H groups in total. The van der Waals surface area contributed by atoms with E-state index in [9.17, 15) is 0 Å². The first kappa shape index (κ1) is 9.66. The van der Waals surface area contributed by atoms with Crippen LogP contribution in [0.4, 0.5) is 0 Å². The number of aliphatic hydroxyl groups excluding tert-OH is 1. The van der Waals surface area contributed by atoms with E-state index in [2.05, 4.69) is 11.9 Å². The lowest BCUT2D eigenvalue weighted by Crippen LogP contribution is -2.37. The Bertz CT molecular complexity index is 91.3. The van der Waals surface area contributed by atoms with Crippen LogP contribution in [-0.4, -0.2) is 23.8 Å². The Morgan fingerprint density at radius 3 is 2.60 bits per heavy atom. The van der Waals surface area contributed by atoms with Crippen LogP contribution in [0.1, 0.15) is 20.3 Å². The van der Waals surface area contributed by atoms with Crippen LogP contribution in [0.2, 0.25) is 0 Å². The van der Waals surface area contributed by atoms with Gasteiger partial charge < -0.3 is 10.4 Å². The maximum atomic E-state index is 9.14. The van der Waals surface area contributed by atoms with E-state index in [1.54, 1.807) is 13.0 Å². The predicted molar refractivity (Wildman–Crippen MR) is 44.0 cm³/mol. The number of hydrogen-bond donors (Lipinski definition) is 2. The first-order valence-electron chi connectivity index (χ1n) is 3.74. The van der Waals surface area contributed by atoms with Crippen LogP contribution in [0.5, 0.6) is 0 Å². The fourth-order valence-electron chi connectivity index (χ4n) is 0.891. The highest BCUT2D eigenvalue weighted by Crippen LogP contribution is 1.96. The molecule has 0 aromatic heterocycles. The molecule has 0 amide bonds. The molecule has 0 aliphatic heterocycles. The molecular weight excluding hydrogens is 126 g/mol. The average Bonchev–Trinajstić information content (AvgIpc) is 1.89. The third-order valence-corrected chi connectivity index (χ3v) is 1.55. The van der Waals surface area contributed by atoms with Crippen LogP contribution in [0.3, 0.4) is 0 Å². The number of aliphatic hydroxyl groups is 1. The molecule has 0 radical (unpaired) electrons. The van der Waals surface area contributed by atoms with E-state index in [-0.39, 0.29) is 12.1 Å². The molecule has 0 fully saturated rings. The molecule has 0 spiro atoms. The van der Waals surface area contributed by atoms with Crippen molar-refractivity contribution in [2.24, 2.45) is 0 Å². The summed E-state index contributed by atoms with van der Waals surface area (Å²) in [4.78, 5) is 0. The summed E-state index contributed by atoms with van der Waals surface area (Å²) >= 11 is 0. The summed E-state index contributed by atoms with van der Waals surface area (Å²) in [6.07, 6.45) is 2.47. The second-order valence-electron chi connectivity index (χ2n) is 2.45. The fourth-order valence-corrected chi connectivity index (χ4v) is 0.891.